The molecular formula is C26H19ClN8O8S2. The molecule has 230 valence electrons. The molecule has 0 aliphatic heterocycles. The topological polar surface area (TPSA) is 260 Å². The maximum atomic E-state index is 12.0. The molecule has 1 heterocycles. The van der Waals surface area contributed by atoms with E-state index in [1.54, 1.807) is 36.4 Å². The van der Waals surface area contributed by atoms with Crippen molar-refractivity contribution < 1.29 is 35.8 Å². The maximum Gasteiger partial charge on any atom is 0.296 e. The van der Waals surface area contributed by atoms with Crippen molar-refractivity contribution >= 4 is 89.2 Å². The molecule has 5 aromatic rings. The van der Waals surface area contributed by atoms with Crippen LogP contribution in [0.1, 0.15) is 10.4 Å². The lowest BCUT2D eigenvalue weighted by Crippen LogP contribution is -2.04. The molecule has 4 aromatic carbocycles. The van der Waals surface area contributed by atoms with Gasteiger partial charge in [0.25, 0.3) is 20.2 Å². The summed E-state index contributed by atoms with van der Waals surface area (Å²) >= 11 is 6.05. The molecule has 0 fully saturated rings. The largest absolute Gasteiger partial charge is 0.507 e. The molecule has 0 unspecified atom stereocenters. The van der Waals surface area contributed by atoms with E-state index in [1.807, 2.05) is 0 Å². The molecule has 19 heteroatoms. The van der Waals surface area contributed by atoms with E-state index in [4.69, 9.17) is 17.3 Å². The zero-order valence-electron chi connectivity index (χ0n) is 22.3. The van der Waals surface area contributed by atoms with E-state index < -0.39 is 41.5 Å². The fourth-order valence-electron chi connectivity index (χ4n) is 4.06. The van der Waals surface area contributed by atoms with Gasteiger partial charge in [-0.2, -0.15) is 36.9 Å². The summed E-state index contributed by atoms with van der Waals surface area (Å²) in [5.74, 6) is -0.516. The van der Waals surface area contributed by atoms with E-state index in [1.165, 1.54) is 12.1 Å². The molecule has 0 aliphatic carbocycles. The molecule has 0 radical (unpaired) electrons. The first-order valence-electron chi connectivity index (χ1n) is 12.3. The number of aromatic nitrogens is 3. The first-order valence-corrected chi connectivity index (χ1v) is 15.5. The van der Waals surface area contributed by atoms with Gasteiger partial charge in [0.15, 0.2) is 0 Å². The minimum Gasteiger partial charge on any atom is -0.507 e. The van der Waals surface area contributed by atoms with Crippen LogP contribution in [0.15, 0.2) is 86.7 Å². The fraction of sp³-hybridized carbons (Fsp3) is 0. The Morgan fingerprint density at radius 3 is 2.11 bits per heavy atom. The number of aromatic hydroxyl groups is 1. The average Bonchev–Trinajstić information content (AvgIpc) is 2.96. The molecule has 0 saturated carbocycles. The average molecular weight is 671 g/mol. The van der Waals surface area contributed by atoms with Crippen LogP contribution in [0.3, 0.4) is 0 Å². The van der Waals surface area contributed by atoms with E-state index in [2.05, 4.69) is 35.8 Å². The number of halogens is 1. The van der Waals surface area contributed by atoms with Crippen molar-refractivity contribution in [1.29, 1.82) is 0 Å². The van der Waals surface area contributed by atoms with Gasteiger partial charge in [0.2, 0.25) is 17.2 Å². The lowest BCUT2D eigenvalue weighted by Gasteiger charge is -2.12. The summed E-state index contributed by atoms with van der Waals surface area (Å²) in [6, 6.07) is 15.2. The second kappa shape index (κ2) is 12.0. The van der Waals surface area contributed by atoms with Crippen LogP contribution in [-0.4, -0.2) is 52.3 Å². The molecule has 0 bridgehead atoms. The third kappa shape index (κ3) is 7.11. The first kappa shape index (κ1) is 31.2. The Morgan fingerprint density at radius 1 is 0.822 bits per heavy atom. The standard InChI is InChI=1S/C26H19ClN8O8S2/c27-24-31-25(33-26(32-24)30-17-3-1-2-13(8-17)12-36)29-15-4-6-16(7-5-15)34-35-23-21-14(10-20(22(23)28)45(41,42)43)9-18(11-19(21)37)44(38,39)40/h1-12,37H,28H2,(H,38,39,40)(H,41,42,43)(H2,29,30,31,32,33)/b35-34-. The van der Waals surface area contributed by atoms with Crippen molar-refractivity contribution in [2.75, 3.05) is 16.4 Å². The Bertz CT molecular complexity index is 2230. The van der Waals surface area contributed by atoms with E-state index in [-0.39, 0.29) is 39.3 Å². The fourth-order valence-corrected chi connectivity index (χ4v) is 5.41. The van der Waals surface area contributed by atoms with Crippen molar-refractivity contribution in [2.45, 2.75) is 9.79 Å². The van der Waals surface area contributed by atoms with E-state index in [0.717, 1.165) is 18.2 Å². The van der Waals surface area contributed by atoms with Crippen molar-refractivity contribution in [3.05, 3.63) is 77.6 Å². The van der Waals surface area contributed by atoms with Gasteiger partial charge >= 0.3 is 0 Å². The SMILES string of the molecule is Nc1c(S(=O)(=O)O)cc2cc(S(=O)(=O)O)cc(O)c2c1/N=N\c1ccc(Nc2nc(Cl)nc(Nc3cccc(C=O)c3)n2)cc1. The van der Waals surface area contributed by atoms with Crippen molar-refractivity contribution in [1.82, 2.24) is 15.0 Å². The number of carbonyl (C=O) groups excluding carboxylic acids is 1. The molecule has 1 aromatic heterocycles. The number of phenols is 1. The van der Waals surface area contributed by atoms with Gasteiger partial charge in [0.05, 0.1) is 21.7 Å². The van der Waals surface area contributed by atoms with Gasteiger partial charge in [0, 0.05) is 23.0 Å². The molecule has 45 heavy (non-hydrogen) atoms. The summed E-state index contributed by atoms with van der Waals surface area (Å²) in [4.78, 5) is 21.8. The molecule has 0 saturated heterocycles. The summed E-state index contributed by atoms with van der Waals surface area (Å²) in [6.45, 7) is 0. The number of azo groups is 1. The van der Waals surface area contributed by atoms with Crippen molar-refractivity contribution in [3.63, 3.8) is 0 Å². The number of nitrogen functional groups attached to an aromatic ring is 1. The summed E-state index contributed by atoms with van der Waals surface area (Å²) in [5.41, 5.74) is 6.70. The second-order valence-electron chi connectivity index (χ2n) is 9.12. The third-order valence-corrected chi connectivity index (χ3v) is 7.91. The van der Waals surface area contributed by atoms with Crippen LogP contribution in [0.25, 0.3) is 10.8 Å². The summed E-state index contributed by atoms with van der Waals surface area (Å²) in [5, 5.41) is 23.9. The summed E-state index contributed by atoms with van der Waals surface area (Å²) < 4.78 is 66.2. The maximum absolute atomic E-state index is 12.0. The van der Waals surface area contributed by atoms with E-state index in [0.29, 0.717) is 23.2 Å². The van der Waals surface area contributed by atoms with Crippen LogP contribution >= 0.6 is 11.6 Å². The molecule has 0 spiro atoms. The minimum atomic E-state index is -4.93. The zero-order chi connectivity index (χ0) is 32.5. The lowest BCUT2D eigenvalue weighted by molar-refractivity contribution is 0.112. The number of nitrogens with two attached hydrogens (primary N) is 1. The number of hydrogen-bond donors (Lipinski definition) is 6. The van der Waals surface area contributed by atoms with Crippen LogP contribution < -0.4 is 16.4 Å². The monoisotopic (exact) mass is 670 g/mol. The molecule has 7 N–H and O–H groups in total. The van der Waals surface area contributed by atoms with Gasteiger partial charge in [-0.1, -0.05) is 12.1 Å². The Kier molecular flexibility index (Phi) is 8.32. The number of benzene rings is 4. The van der Waals surface area contributed by atoms with Crippen LogP contribution in [0.4, 0.5) is 40.3 Å². The van der Waals surface area contributed by atoms with Crippen molar-refractivity contribution in [3.8, 4) is 5.75 Å². The first-order chi connectivity index (χ1) is 21.2. The normalized spacial score (nSPS) is 12.0. The number of nitrogens with one attached hydrogen (secondary N) is 2. The summed E-state index contributed by atoms with van der Waals surface area (Å²) in [6.07, 6.45) is 0.696. The molecule has 0 amide bonds. The number of fused-ring (bicyclic) bond motifs is 1. The van der Waals surface area contributed by atoms with E-state index >= 15 is 0 Å². The van der Waals surface area contributed by atoms with Crippen molar-refractivity contribution in [2.24, 2.45) is 10.2 Å². The van der Waals surface area contributed by atoms with E-state index in [9.17, 15) is 35.8 Å². The highest BCUT2D eigenvalue weighted by atomic mass is 35.5. The van der Waals surface area contributed by atoms with Crippen LogP contribution in [0, 0.1) is 0 Å². The summed E-state index contributed by atoms with van der Waals surface area (Å²) in [7, 11) is -9.72. The number of phenolic OH excluding ortho intramolecular Hbond substituents is 1. The quantitative estimate of drug-likeness (QED) is 0.0511. The Hall–Kier alpha value is -5.27. The van der Waals surface area contributed by atoms with Gasteiger partial charge in [-0.15, -0.1) is 5.11 Å². The highest BCUT2D eigenvalue weighted by Crippen LogP contribution is 2.43. The minimum absolute atomic E-state index is 0.0828. The van der Waals surface area contributed by atoms with Gasteiger partial charge in [0.1, 0.15) is 22.6 Å². The second-order valence-corrected chi connectivity index (χ2v) is 12.3. The molecule has 0 atom stereocenters. The number of hydrogen-bond acceptors (Lipinski definition) is 14. The molecule has 0 aliphatic rings. The zero-order valence-corrected chi connectivity index (χ0v) is 24.7. The Morgan fingerprint density at radius 2 is 1.49 bits per heavy atom. The smallest absolute Gasteiger partial charge is 0.296 e. The predicted molar refractivity (Wildman–Crippen MR) is 164 cm³/mol. The van der Waals surface area contributed by atoms with Gasteiger partial charge in [-0.3, -0.25) is 13.9 Å². The van der Waals surface area contributed by atoms with Gasteiger partial charge in [-0.25, -0.2) is 0 Å². The van der Waals surface area contributed by atoms with Crippen LogP contribution in [-0.2, 0) is 20.2 Å². The van der Waals surface area contributed by atoms with Gasteiger partial charge < -0.3 is 21.5 Å². The highest BCUT2D eigenvalue weighted by Gasteiger charge is 2.24. The number of aldehydes is 1. The number of anilines is 5. The number of carbonyl (C=O) groups is 1. The van der Waals surface area contributed by atoms with Crippen LogP contribution in [0.5, 0.6) is 5.75 Å². The predicted octanol–water partition coefficient (Wildman–Crippen LogP) is 5.17. The molecule has 5 rings (SSSR count). The van der Waals surface area contributed by atoms with Gasteiger partial charge in [-0.05, 0) is 65.5 Å². The van der Waals surface area contributed by atoms with Crippen LogP contribution in [0.2, 0.25) is 5.28 Å². The molecule has 16 nitrogen and oxygen atoms in total. The lowest BCUT2D eigenvalue weighted by atomic mass is 10.1. The Labute approximate surface area is 259 Å². The Balaban J connectivity index is 1.43. The number of rotatable bonds is 9. The third-order valence-electron chi connectivity index (χ3n) is 6.02. The molecular weight excluding hydrogens is 652 g/mol. The number of nitrogens with zero attached hydrogens (tertiary/aromatic N) is 5. The highest BCUT2D eigenvalue weighted by molar-refractivity contribution is 7.86.